The molecule has 0 unspecified atom stereocenters. The minimum absolute atomic E-state index is 0.160. The maximum atomic E-state index is 12.5. The van der Waals surface area contributed by atoms with E-state index in [4.69, 9.17) is 5.73 Å². The molecule has 3 nitrogen and oxygen atoms in total. The molecule has 0 aliphatic heterocycles. The van der Waals surface area contributed by atoms with E-state index in [-0.39, 0.29) is 5.91 Å². The van der Waals surface area contributed by atoms with Gasteiger partial charge in [-0.1, -0.05) is 62.4 Å². The van der Waals surface area contributed by atoms with E-state index in [1.807, 2.05) is 72.8 Å². The van der Waals surface area contributed by atoms with Crippen LogP contribution in [0.3, 0.4) is 0 Å². The van der Waals surface area contributed by atoms with E-state index < -0.39 is 0 Å². The fourth-order valence-electron chi connectivity index (χ4n) is 2.69. The van der Waals surface area contributed by atoms with E-state index in [9.17, 15) is 4.79 Å². The van der Waals surface area contributed by atoms with Crippen LogP contribution in [0.5, 0.6) is 0 Å². The van der Waals surface area contributed by atoms with Gasteiger partial charge in [-0.2, -0.15) is 0 Å². The molecule has 0 atom stereocenters. The Morgan fingerprint density at radius 1 is 0.880 bits per heavy atom. The van der Waals surface area contributed by atoms with Gasteiger partial charge in [-0.15, -0.1) is 0 Å². The summed E-state index contributed by atoms with van der Waals surface area (Å²) in [5, 5.41) is 2.92. The summed E-state index contributed by atoms with van der Waals surface area (Å²) in [7, 11) is 0. The Hall–Kier alpha value is -3.07. The fraction of sp³-hybridized carbons (Fsp3) is 0.136. The highest BCUT2D eigenvalue weighted by Crippen LogP contribution is 2.27. The molecule has 0 heterocycles. The van der Waals surface area contributed by atoms with Crippen LogP contribution >= 0.6 is 0 Å². The van der Waals surface area contributed by atoms with Gasteiger partial charge in [0.15, 0.2) is 0 Å². The molecule has 3 rings (SSSR count). The molecule has 0 saturated heterocycles. The minimum Gasteiger partial charge on any atom is -0.397 e. The number of hydrogen-bond acceptors (Lipinski definition) is 2. The third kappa shape index (κ3) is 3.89. The van der Waals surface area contributed by atoms with E-state index in [0.717, 1.165) is 11.1 Å². The summed E-state index contributed by atoms with van der Waals surface area (Å²) in [5.74, 6) is 0.280. The Bertz CT molecular complexity index is 868. The molecule has 0 saturated carbocycles. The third-order valence-electron chi connectivity index (χ3n) is 4.25. The van der Waals surface area contributed by atoms with Gasteiger partial charge in [-0.25, -0.2) is 0 Å². The van der Waals surface area contributed by atoms with Gasteiger partial charge in [-0.05, 0) is 46.9 Å². The quantitative estimate of drug-likeness (QED) is 0.637. The number of rotatable bonds is 4. The number of nitrogens with one attached hydrogen (secondary N) is 1. The third-order valence-corrected chi connectivity index (χ3v) is 4.25. The van der Waals surface area contributed by atoms with Crippen LogP contribution in [0.2, 0.25) is 0 Å². The molecular weight excluding hydrogens is 308 g/mol. The standard InChI is InChI=1S/C22H22N2O/c1-15(2)16-8-10-18(11-9-16)22(25)24-21-14-19(12-13-20(21)23)17-6-4-3-5-7-17/h3-15H,23H2,1-2H3,(H,24,25). The molecule has 3 aromatic rings. The molecule has 3 heteroatoms. The number of hydrogen-bond donors (Lipinski definition) is 2. The van der Waals surface area contributed by atoms with Crippen molar-refractivity contribution in [2.75, 3.05) is 11.1 Å². The van der Waals surface area contributed by atoms with Gasteiger partial charge >= 0.3 is 0 Å². The number of carbonyl (C=O) groups is 1. The average molecular weight is 330 g/mol. The monoisotopic (exact) mass is 330 g/mol. The predicted molar refractivity (Wildman–Crippen MR) is 105 cm³/mol. The number of benzene rings is 3. The van der Waals surface area contributed by atoms with Crippen LogP contribution in [-0.4, -0.2) is 5.91 Å². The summed E-state index contributed by atoms with van der Waals surface area (Å²) >= 11 is 0. The molecule has 0 aliphatic carbocycles. The predicted octanol–water partition coefficient (Wildman–Crippen LogP) is 5.31. The van der Waals surface area contributed by atoms with Gasteiger partial charge in [0.25, 0.3) is 5.91 Å². The highest BCUT2D eigenvalue weighted by molar-refractivity contribution is 6.06. The SMILES string of the molecule is CC(C)c1ccc(C(=O)Nc2cc(-c3ccccc3)ccc2N)cc1. The summed E-state index contributed by atoms with van der Waals surface area (Å²) in [6, 6.07) is 23.4. The zero-order valence-electron chi connectivity index (χ0n) is 14.5. The molecule has 0 spiro atoms. The van der Waals surface area contributed by atoms with Crippen molar-refractivity contribution in [2.24, 2.45) is 0 Å². The first-order chi connectivity index (χ1) is 12.0. The number of anilines is 2. The van der Waals surface area contributed by atoms with Crippen molar-refractivity contribution in [3.8, 4) is 11.1 Å². The maximum Gasteiger partial charge on any atom is 0.255 e. The molecule has 1 amide bonds. The number of carbonyl (C=O) groups excluding carboxylic acids is 1. The second-order valence-corrected chi connectivity index (χ2v) is 6.40. The molecular formula is C22H22N2O. The number of amides is 1. The van der Waals surface area contributed by atoms with Crippen molar-refractivity contribution in [3.63, 3.8) is 0 Å². The van der Waals surface area contributed by atoms with E-state index in [0.29, 0.717) is 22.9 Å². The Labute approximate surface area is 148 Å². The largest absolute Gasteiger partial charge is 0.397 e. The van der Waals surface area contributed by atoms with Gasteiger partial charge in [0.2, 0.25) is 0 Å². The van der Waals surface area contributed by atoms with E-state index >= 15 is 0 Å². The molecule has 0 aromatic heterocycles. The van der Waals surface area contributed by atoms with Gasteiger partial charge in [0.05, 0.1) is 11.4 Å². The van der Waals surface area contributed by atoms with E-state index in [2.05, 4.69) is 19.2 Å². The lowest BCUT2D eigenvalue weighted by atomic mass is 10.0. The Kier molecular flexibility index (Phi) is 4.85. The fourth-order valence-corrected chi connectivity index (χ4v) is 2.69. The van der Waals surface area contributed by atoms with Crippen molar-refractivity contribution in [1.29, 1.82) is 0 Å². The van der Waals surface area contributed by atoms with Crippen molar-refractivity contribution in [1.82, 2.24) is 0 Å². The molecule has 126 valence electrons. The summed E-state index contributed by atoms with van der Waals surface area (Å²) in [6.07, 6.45) is 0. The lowest BCUT2D eigenvalue weighted by Gasteiger charge is -2.11. The van der Waals surface area contributed by atoms with Crippen molar-refractivity contribution in [2.45, 2.75) is 19.8 Å². The van der Waals surface area contributed by atoms with Gasteiger partial charge in [-0.3, -0.25) is 4.79 Å². The maximum absolute atomic E-state index is 12.5. The molecule has 3 aromatic carbocycles. The molecule has 0 radical (unpaired) electrons. The highest BCUT2D eigenvalue weighted by Gasteiger charge is 2.10. The molecule has 3 N–H and O–H groups in total. The van der Waals surface area contributed by atoms with Crippen LogP contribution in [-0.2, 0) is 0 Å². The van der Waals surface area contributed by atoms with Gasteiger partial charge in [0, 0.05) is 5.56 Å². The molecule has 0 bridgehead atoms. The number of nitrogens with two attached hydrogens (primary N) is 1. The summed E-state index contributed by atoms with van der Waals surface area (Å²) in [4.78, 5) is 12.5. The summed E-state index contributed by atoms with van der Waals surface area (Å²) in [5.41, 5.74) is 11.1. The topological polar surface area (TPSA) is 55.1 Å². The van der Waals surface area contributed by atoms with Crippen LogP contribution in [0.1, 0.15) is 35.7 Å². The Balaban J connectivity index is 1.83. The first kappa shape index (κ1) is 16.8. The highest BCUT2D eigenvalue weighted by atomic mass is 16.1. The second-order valence-electron chi connectivity index (χ2n) is 6.40. The Morgan fingerprint density at radius 2 is 1.56 bits per heavy atom. The van der Waals surface area contributed by atoms with Crippen molar-refractivity contribution in [3.05, 3.63) is 83.9 Å². The first-order valence-corrected chi connectivity index (χ1v) is 8.41. The first-order valence-electron chi connectivity index (χ1n) is 8.41. The minimum atomic E-state index is -0.160. The average Bonchev–Trinajstić information content (AvgIpc) is 2.64. The lowest BCUT2D eigenvalue weighted by Crippen LogP contribution is -2.13. The summed E-state index contributed by atoms with van der Waals surface area (Å²) < 4.78 is 0. The molecule has 0 fully saturated rings. The van der Waals surface area contributed by atoms with E-state index in [1.54, 1.807) is 0 Å². The van der Waals surface area contributed by atoms with Crippen LogP contribution < -0.4 is 11.1 Å². The normalized spacial score (nSPS) is 10.7. The lowest BCUT2D eigenvalue weighted by molar-refractivity contribution is 0.102. The van der Waals surface area contributed by atoms with Gasteiger partial charge < -0.3 is 11.1 Å². The van der Waals surface area contributed by atoms with Crippen LogP contribution in [0.25, 0.3) is 11.1 Å². The van der Waals surface area contributed by atoms with Crippen LogP contribution in [0.15, 0.2) is 72.8 Å². The molecule has 0 aliphatic rings. The smallest absolute Gasteiger partial charge is 0.255 e. The van der Waals surface area contributed by atoms with Crippen LogP contribution in [0, 0.1) is 0 Å². The number of nitrogen functional groups attached to an aromatic ring is 1. The van der Waals surface area contributed by atoms with Crippen molar-refractivity contribution < 1.29 is 4.79 Å². The van der Waals surface area contributed by atoms with Crippen LogP contribution in [0.4, 0.5) is 11.4 Å². The zero-order valence-corrected chi connectivity index (χ0v) is 14.5. The molecule has 25 heavy (non-hydrogen) atoms. The second kappa shape index (κ2) is 7.22. The van der Waals surface area contributed by atoms with E-state index in [1.165, 1.54) is 5.56 Å². The van der Waals surface area contributed by atoms with Gasteiger partial charge in [0.1, 0.15) is 0 Å². The Morgan fingerprint density at radius 3 is 2.20 bits per heavy atom. The zero-order chi connectivity index (χ0) is 17.8. The summed E-state index contributed by atoms with van der Waals surface area (Å²) in [6.45, 7) is 4.26. The van der Waals surface area contributed by atoms with Crippen molar-refractivity contribution >= 4 is 17.3 Å².